The summed E-state index contributed by atoms with van der Waals surface area (Å²) in [4.78, 5) is 12.7. The second kappa shape index (κ2) is 4.33. The molecule has 66 valence electrons. The number of hydrogen-bond acceptors (Lipinski definition) is 4. The molecule has 1 rings (SSSR count). The number of ether oxygens (including phenoxy) is 1. The number of rotatable bonds is 1. The largest absolute Gasteiger partial charge is 0.360 e. The van der Waals surface area contributed by atoms with Crippen LogP contribution in [0.3, 0.4) is 0 Å². The van der Waals surface area contributed by atoms with Gasteiger partial charge in [0.15, 0.2) is 6.10 Å². The minimum Gasteiger partial charge on any atom is -0.360 e. The summed E-state index contributed by atoms with van der Waals surface area (Å²) in [7, 11) is 0. The van der Waals surface area contributed by atoms with Gasteiger partial charge in [-0.15, -0.1) is 0 Å². The smallest absolute Gasteiger partial charge is 0.232 e. The lowest BCUT2D eigenvalue weighted by Crippen LogP contribution is -2.45. The number of carbonyl (C=O) groups is 1. The number of morpholine rings is 1. The number of nitriles is 1. The van der Waals surface area contributed by atoms with Crippen molar-refractivity contribution >= 4 is 18.5 Å². The van der Waals surface area contributed by atoms with Crippen molar-refractivity contribution in [2.24, 2.45) is 0 Å². The first kappa shape index (κ1) is 9.36. The van der Waals surface area contributed by atoms with Crippen LogP contribution >= 0.6 is 12.6 Å². The van der Waals surface area contributed by atoms with Gasteiger partial charge in [0.25, 0.3) is 0 Å². The molecule has 0 aromatic rings. The standard InChI is InChI=1S/C7H10N2O2S/c8-3-6-4-9(1-2-11-6)7(10)5-12/h6,12H,1-2,4-5H2. The van der Waals surface area contributed by atoms with Crippen LogP contribution in [0.25, 0.3) is 0 Å². The number of thiol groups is 1. The molecule has 1 aliphatic rings. The highest BCUT2D eigenvalue weighted by molar-refractivity contribution is 7.81. The van der Waals surface area contributed by atoms with Crippen molar-refractivity contribution in [3.63, 3.8) is 0 Å². The minimum atomic E-state index is -0.470. The van der Waals surface area contributed by atoms with E-state index in [9.17, 15) is 4.79 Å². The van der Waals surface area contributed by atoms with Crippen molar-refractivity contribution in [3.8, 4) is 6.07 Å². The summed E-state index contributed by atoms with van der Waals surface area (Å²) in [5, 5.41) is 8.53. The molecule has 0 aromatic carbocycles. The van der Waals surface area contributed by atoms with Crippen LogP contribution < -0.4 is 0 Å². The Morgan fingerprint density at radius 3 is 3.17 bits per heavy atom. The molecule has 0 N–H and O–H groups in total. The van der Waals surface area contributed by atoms with Crippen LogP contribution in [0.5, 0.6) is 0 Å². The fourth-order valence-electron chi connectivity index (χ4n) is 1.05. The Morgan fingerprint density at radius 1 is 1.83 bits per heavy atom. The van der Waals surface area contributed by atoms with Crippen molar-refractivity contribution in [1.82, 2.24) is 4.90 Å². The Morgan fingerprint density at radius 2 is 2.58 bits per heavy atom. The van der Waals surface area contributed by atoms with E-state index < -0.39 is 6.10 Å². The predicted octanol–water partition coefficient (Wildman–Crippen LogP) is -0.333. The molecule has 1 heterocycles. The van der Waals surface area contributed by atoms with Gasteiger partial charge in [-0.1, -0.05) is 0 Å². The molecule has 0 bridgehead atoms. The number of carbonyl (C=O) groups excluding carboxylic acids is 1. The highest BCUT2D eigenvalue weighted by Crippen LogP contribution is 2.04. The monoisotopic (exact) mass is 186 g/mol. The van der Waals surface area contributed by atoms with Crippen molar-refractivity contribution in [1.29, 1.82) is 5.26 Å². The van der Waals surface area contributed by atoms with Crippen LogP contribution in [0.15, 0.2) is 0 Å². The normalized spacial score (nSPS) is 23.3. The van der Waals surface area contributed by atoms with Gasteiger partial charge in [-0.3, -0.25) is 4.79 Å². The van der Waals surface area contributed by atoms with Crippen LogP contribution in [0.4, 0.5) is 0 Å². The summed E-state index contributed by atoms with van der Waals surface area (Å²) in [6.07, 6.45) is -0.470. The van der Waals surface area contributed by atoms with Crippen LogP contribution in [-0.2, 0) is 9.53 Å². The van der Waals surface area contributed by atoms with E-state index >= 15 is 0 Å². The van der Waals surface area contributed by atoms with Gasteiger partial charge >= 0.3 is 0 Å². The number of nitrogens with zero attached hydrogens (tertiary/aromatic N) is 2. The van der Waals surface area contributed by atoms with E-state index in [2.05, 4.69) is 12.6 Å². The zero-order valence-electron chi connectivity index (χ0n) is 6.56. The molecular formula is C7H10N2O2S. The van der Waals surface area contributed by atoms with Gasteiger partial charge in [-0.05, 0) is 0 Å². The molecule has 0 aliphatic carbocycles. The van der Waals surface area contributed by atoms with Gasteiger partial charge in [0, 0.05) is 6.54 Å². The molecule has 12 heavy (non-hydrogen) atoms. The van der Waals surface area contributed by atoms with E-state index in [1.165, 1.54) is 0 Å². The molecule has 1 fully saturated rings. The molecule has 0 radical (unpaired) electrons. The quantitative estimate of drug-likeness (QED) is 0.570. The predicted molar refractivity (Wildman–Crippen MR) is 45.8 cm³/mol. The van der Waals surface area contributed by atoms with Gasteiger partial charge in [0.05, 0.1) is 25.0 Å². The first-order valence-electron chi connectivity index (χ1n) is 3.67. The molecule has 0 saturated carbocycles. The zero-order valence-corrected chi connectivity index (χ0v) is 7.46. The fourth-order valence-corrected chi connectivity index (χ4v) is 1.25. The molecule has 5 heteroatoms. The fraction of sp³-hybridized carbons (Fsp3) is 0.714. The van der Waals surface area contributed by atoms with E-state index in [1.54, 1.807) is 4.90 Å². The summed E-state index contributed by atoms with van der Waals surface area (Å²) in [5.74, 6) is 0.153. The number of hydrogen-bond donors (Lipinski definition) is 1. The molecule has 0 aromatic heterocycles. The van der Waals surface area contributed by atoms with Gasteiger partial charge < -0.3 is 9.64 Å². The van der Waals surface area contributed by atoms with Gasteiger partial charge in [0.2, 0.25) is 5.91 Å². The number of amides is 1. The molecule has 1 unspecified atom stereocenters. The van der Waals surface area contributed by atoms with Gasteiger partial charge in [-0.2, -0.15) is 17.9 Å². The zero-order chi connectivity index (χ0) is 8.97. The highest BCUT2D eigenvalue weighted by atomic mass is 32.1. The van der Waals surface area contributed by atoms with Gasteiger partial charge in [-0.25, -0.2) is 0 Å². The minimum absolute atomic E-state index is 0.0399. The van der Waals surface area contributed by atoms with E-state index in [0.717, 1.165) is 0 Å². The van der Waals surface area contributed by atoms with Crippen LogP contribution in [0, 0.1) is 11.3 Å². The molecule has 1 saturated heterocycles. The van der Waals surface area contributed by atoms with Crippen molar-refractivity contribution in [2.45, 2.75) is 6.10 Å². The average Bonchev–Trinajstić information content (AvgIpc) is 2.17. The van der Waals surface area contributed by atoms with Gasteiger partial charge in [0.1, 0.15) is 0 Å². The highest BCUT2D eigenvalue weighted by Gasteiger charge is 2.22. The van der Waals surface area contributed by atoms with Crippen LogP contribution in [0.1, 0.15) is 0 Å². The lowest BCUT2D eigenvalue weighted by Gasteiger charge is -2.29. The summed E-state index contributed by atoms with van der Waals surface area (Å²) < 4.78 is 5.07. The van der Waals surface area contributed by atoms with E-state index in [0.29, 0.717) is 19.7 Å². The first-order chi connectivity index (χ1) is 5.77. The Balaban J connectivity index is 2.47. The van der Waals surface area contributed by atoms with Crippen LogP contribution in [-0.4, -0.2) is 42.4 Å². The Labute approximate surface area is 76.5 Å². The SMILES string of the molecule is N#CC1CN(C(=O)CS)CCO1. The lowest BCUT2D eigenvalue weighted by molar-refractivity contribution is -0.134. The summed E-state index contributed by atoms with van der Waals surface area (Å²) in [5.41, 5.74) is 0. The van der Waals surface area contributed by atoms with Crippen molar-refractivity contribution in [2.75, 3.05) is 25.4 Å². The maximum Gasteiger partial charge on any atom is 0.232 e. The second-order valence-electron chi connectivity index (χ2n) is 2.49. The third-order valence-electron chi connectivity index (χ3n) is 1.70. The van der Waals surface area contributed by atoms with Crippen molar-refractivity contribution < 1.29 is 9.53 Å². The van der Waals surface area contributed by atoms with Crippen molar-refractivity contribution in [3.05, 3.63) is 0 Å². The molecular weight excluding hydrogens is 176 g/mol. The third-order valence-corrected chi connectivity index (χ3v) is 1.97. The first-order valence-corrected chi connectivity index (χ1v) is 4.31. The molecule has 1 aliphatic heterocycles. The molecule has 4 nitrogen and oxygen atoms in total. The maximum atomic E-state index is 11.1. The maximum absolute atomic E-state index is 11.1. The van der Waals surface area contributed by atoms with E-state index in [-0.39, 0.29) is 11.7 Å². The molecule has 1 atom stereocenters. The molecule has 0 spiro atoms. The Hall–Kier alpha value is -0.730. The van der Waals surface area contributed by atoms with E-state index in [4.69, 9.17) is 10.00 Å². The summed E-state index contributed by atoms with van der Waals surface area (Å²) in [6.45, 7) is 1.38. The van der Waals surface area contributed by atoms with E-state index in [1.807, 2.05) is 6.07 Å². The lowest BCUT2D eigenvalue weighted by atomic mass is 10.3. The summed E-state index contributed by atoms with van der Waals surface area (Å²) >= 11 is 3.87. The van der Waals surface area contributed by atoms with Crippen LogP contribution in [0.2, 0.25) is 0 Å². The summed E-state index contributed by atoms with van der Waals surface area (Å²) in [6, 6.07) is 1.97. The second-order valence-corrected chi connectivity index (χ2v) is 2.80. The Bertz CT molecular complexity index is 214. The molecule has 1 amide bonds. The topological polar surface area (TPSA) is 53.3 Å². The Kier molecular flexibility index (Phi) is 3.38. The average molecular weight is 186 g/mol. The third kappa shape index (κ3) is 2.13.